The molecule has 11 heteroatoms. The summed E-state index contributed by atoms with van der Waals surface area (Å²) in [6.45, 7) is 10.6. The SMILES string of the molecule is C=C(C)C(=O)OCC(C)(COC(=O)C(=C)C)C(=O)OCCCCCCS(=O)(=O)O.[NaH]. The van der Waals surface area contributed by atoms with Gasteiger partial charge in [-0.05, 0) is 33.6 Å². The number of hydrogen-bond acceptors (Lipinski definition) is 8. The van der Waals surface area contributed by atoms with Crippen molar-refractivity contribution in [3.05, 3.63) is 24.3 Å². The van der Waals surface area contributed by atoms with Crippen molar-refractivity contribution in [2.75, 3.05) is 25.6 Å². The van der Waals surface area contributed by atoms with Crippen LogP contribution >= 0.6 is 0 Å². The van der Waals surface area contributed by atoms with E-state index in [2.05, 4.69) is 13.2 Å². The third-order valence-electron chi connectivity index (χ3n) is 3.76. The maximum absolute atomic E-state index is 12.5. The van der Waals surface area contributed by atoms with E-state index in [0.29, 0.717) is 25.7 Å². The zero-order valence-electron chi connectivity index (χ0n) is 17.2. The normalized spacial score (nSPS) is 11.1. The third kappa shape index (κ3) is 13.9. The van der Waals surface area contributed by atoms with Crippen LogP contribution < -0.4 is 0 Å². The molecule has 0 aromatic rings. The molecule has 0 saturated carbocycles. The fourth-order valence-electron chi connectivity index (χ4n) is 1.93. The quantitative estimate of drug-likeness (QED) is 0.103. The molecular weight excluding hydrogens is 427 g/mol. The average molecular weight is 459 g/mol. The van der Waals surface area contributed by atoms with Gasteiger partial charge in [0.1, 0.15) is 18.6 Å². The first-order valence-electron chi connectivity index (χ1n) is 9.06. The molecule has 0 bridgehead atoms. The van der Waals surface area contributed by atoms with E-state index in [1.165, 1.54) is 20.8 Å². The van der Waals surface area contributed by atoms with E-state index >= 15 is 0 Å². The molecule has 30 heavy (non-hydrogen) atoms. The Morgan fingerprint density at radius 2 is 1.30 bits per heavy atom. The summed E-state index contributed by atoms with van der Waals surface area (Å²) in [4.78, 5) is 35.8. The van der Waals surface area contributed by atoms with Crippen molar-refractivity contribution in [2.24, 2.45) is 5.41 Å². The van der Waals surface area contributed by atoms with E-state index in [1.807, 2.05) is 0 Å². The number of hydrogen-bond donors (Lipinski definition) is 1. The summed E-state index contributed by atoms with van der Waals surface area (Å²) in [6, 6.07) is 0. The molecule has 1 N–H and O–H groups in total. The molecule has 168 valence electrons. The molecule has 0 saturated heterocycles. The van der Waals surface area contributed by atoms with Gasteiger partial charge < -0.3 is 14.2 Å². The van der Waals surface area contributed by atoms with Gasteiger partial charge in [0, 0.05) is 11.1 Å². The van der Waals surface area contributed by atoms with Gasteiger partial charge in [-0.3, -0.25) is 9.35 Å². The Bertz CT molecular complexity index is 698. The molecule has 0 radical (unpaired) electrons. The second-order valence-electron chi connectivity index (χ2n) is 7.11. The summed E-state index contributed by atoms with van der Waals surface area (Å²) in [5.41, 5.74) is -1.10. The van der Waals surface area contributed by atoms with Crippen LogP contribution in [0, 0.1) is 5.41 Å². The molecule has 0 fully saturated rings. The second-order valence-corrected chi connectivity index (χ2v) is 8.68. The summed E-state index contributed by atoms with van der Waals surface area (Å²) in [5.74, 6) is -2.39. The minimum absolute atomic E-state index is 0. The number of rotatable bonds is 14. The monoisotopic (exact) mass is 458 g/mol. The number of unbranched alkanes of at least 4 members (excludes halogenated alkanes) is 3. The molecule has 0 aliphatic carbocycles. The van der Waals surface area contributed by atoms with Gasteiger partial charge >= 0.3 is 47.5 Å². The molecule has 0 amide bonds. The van der Waals surface area contributed by atoms with E-state index in [0.717, 1.165) is 0 Å². The van der Waals surface area contributed by atoms with Crippen molar-refractivity contribution in [3.8, 4) is 0 Å². The summed E-state index contributed by atoms with van der Waals surface area (Å²) < 4.78 is 45.2. The Hall–Kier alpha value is -1.20. The van der Waals surface area contributed by atoms with Gasteiger partial charge in [0.15, 0.2) is 0 Å². The van der Waals surface area contributed by atoms with Crippen LogP contribution in [0.2, 0.25) is 0 Å². The first kappa shape index (κ1) is 31.0. The number of esters is 3. The van der Waals surface area contributed by atoms with Crippen molar-refractivity contribution in [2.45, 2.75) is 46.5 Å². The molecule has 0 aliphatic heterocycles. The van der Waals surface area contributed by atoms with Crippen LogP contribution in [0.4, 0.5) is 0 Å². The molecule has 0 rings (SSSR count). The third-order valence-corrected chi connectivity index (χ3v) is 4.57. The Morgan fingerprint density at radius 1 is 0.867 bits per heavy atom. The molecular formula is C19H31NaO9S. The first-order chi connectivity index (χ1) is 13.3. The fourth-order valence-corrected chi connectivity index (χ4v) is 2.50. The van der Waals surface area contributed by atoms with Crippen LogP contribution in [0.25, 0.3) is 0 Å². The van der Waals surface area contributed by atoms with Gasteiger partial charge in [0.2, 0.25) is 0 Å². The number of ether oxygens (including phenoxy) is 3. The summed E-state index contributed by atoms with van der Waals surface area (Å²) in [7, 11) is -3.97. The molecule has 0 spiro atoms. The minimum atomic E-state index is -3.97. The molecule has 0 aliphatic rings. The molecule has 0 unspecified atom stereocenters. The van der Waals surface area contributed by atoms with Gasteiger partial charge in [-0.15, -0.1) is 0 Å². The second kappa shape index (κ2) is 14.7. The van der Waals surface area contributed by atoms with Gasteiger partial charge in [-0.2, -0.15) is 8.42 Å². The van der Waals surface area contributed by atoms with Gasteiger partial charge in [0.25, 0.3) is 10.1 Å². The Labute approximate surface area is 200 Å². The zero-order chi connectivity index (χ0) is 22.7. The van der Waals surface area contributed by atoms with Crippen LogP contribution in [-0.2, 0) is 38.7 Å². The van der Waals surface area contributed by atoms with Gasteiger partial charge in [0.05, 0.1) is 12.4 Å². The van der Waals surface area contributed by atoms with E-state index in [9.17, 15) is 22.8 Å². The molecule has 0 atom stereocenters. The Kier molecular flexibility index (Phi) is 15.2. The average Bonchev–Trinajstić information content (AvgIpc) is 2.61. The van der Waals surface area contributed by atoms with Crippen LogP contribution in [0.15, 0.2) is 24.3 Å². The Morgan fingerprint density at radius 3 is 1.70 bits per heavy atom. The predicted molar refractivity (Wildman–Crippen MR) is 113 cm³/mol. The maximum atomic E-state index is 12.5. The van der Waals surface area contributed by atoms with E-state index < -0.39 is 33.4 Å². The van der Waals surface area contributed by atoms with Gasteiger partial charge in [-0.25, -0.2) is 9.59 Å². The van der Waals surface area contributed by atoms with Crippen LogP contribution in [0.1, 0.15) is 46.5 Å². The number of carbonyl (C=O) groups is 3. The van der Waals surface area contributed by atoms with Crippen molar-refractivity contribution in [1.29, 1.82) is 0 Å². The van der Waals surface area contributed by atoms with Crippen LogP contribution in [0.5, 0.6) is 0 Å². The van der Waals surface area contributed by atoms with Crippen molar-refractivity contribution >= 4 is 57.6 Å². The standard InChI is InChI=1S/C19H30O9S.Na.H/c1-14(2)16(20)27-12-19(5,13-28-17(21)15(3)4)18(22)26-10-8-6-7-9-11-29(23,24)25;;/h1,3,6-13H2,2,4-5H3,(H,23,24,25);;. The van der Waals surface area contributed by atoms with Crippen LogP contribution in [-0.4, -0.2) is 86.0 Å². The fraction of sp³-hybridized carbons (Fsp3) is 0.632. The summed E-state index contributed by atoms with van der Waals surface area (Å²) in [5, 5.41) is 0. The van der Waals surface area contributed by atoms with Gasteiger partial charge in [-0.1, -0.05) is 26.0 Å². The van der Waals surface area contributed by atoms with Crippen molar-refractivity contribution < 1.29 is 41.6 Å². The van der Waals surface area contributed by atoms with E-state index in [4.69, 9.17) is 18.8 Å². The predicted octanol–water partition coefficient (Wildman–Crippen LogP) is 1.57. The van der Waals surface area contributed by atoms with Crippen molar-refractivity contribution in [3.63, 3.8) is 0 Å². The number of carbonyl (C=O) groups excluding carboxylic acids is 3. The molecule has 9 nitrogen and oxygen atoms in total. The van der Waals surface area contributed by atoms with E-state index in [-0.39, 0.29) is 66.3 Å². The molecule has 0 aromatic carbocycles. The summed E-state index contributed by atoms with van der Waals surface area (Å²) in [6.07, 6.45) is 1.92. The van der Waals surface area contributed by atoms with Crippen molar-refractivity contribution in [1.82, 2.24) is 0 Å². The summed E-state index contributed by atoms with van der Waals surface area (Å²) >= 11 is 0. The van der Waals surface area contributed by atoms with Crippen LogP contribution in [0.3, 0.4) is 0 Å². The molecule has 0 aromatic heterocycles. The van der Waals surface area contributed by atoms with E-state index in [1.54, 1.807) is 0 Å². The zero-order valence-corrected chi connectivity index (χ0v) is 18.0. The first-order valence-corrected chi connectivity index (χ1v) is 10.7. The molecule has 0 heterocycles. The Balaban J connectivity index is 0. The topological polar surface area (TPSA) is 133 Å².